The minimum Gasteiger partial charge on any atom is -0.466 e. The lowest BCUT2D eigenvalue weighted by atomic mass is 9.78. The van der Waals surface area contributed by atoms with Crippen molar-refractivity contribution in [2.75, 3.05) is 14.2 Å². The van der Waals surface area contributed by atoms with Crippen molar-refractivity contribution in [2.24, 2.45) is 22.1 Å². The van der Waals surface area contributed by atoms with Crippen LogP contribution < -0.4 is 0 Å². The lowest BCUT2D eigenvalue weighted by Crippen LogP contribution is -2.58. The van der Waals surface area contributed by atoms with E-state index in [9.17, 15) is 0 Å². The summed E-state index contributed by atoms with van der Waals surface area (Å²) in [6.07, 6.45) is 6.56. The van der Waals surface area contributed by atoms with Crippen molar-refractivity contribution in [2.45, 2.75) is 36.1 Å². The van der Waals surface area contributed by atoms with E-state index in [1.54, 1.807) is 26.7 Å². The molecule has 0 saturated heterocycles. The minimum atomic E-state index is -1.08. The van der Waals surface area contributed by atoms with E-state index in [-0.39, 0.29) is 11.8 Å². The number of hydrogen-bond donors (Lipinski definition) is 0. The molecule has 0 N–H and O–H groups in total. The Morgan fingerprint density at radius 1 is 0.917 bits per heavy atom. The molecule has 0 amide bonds. The second kappa shape index (κ2) is 4.58. The summed E-state index contributed by atoms with van der Waals surface area (Å²) in [4.78, 5) is 0. The molecule has 2 bridgehead atoms. The lowest BCUT2D eigenvalue weighted by Gasteiger charge is -2.41. The van der Waals surface area contributed by atoms with Gasteiger partial charge in [-0.05, 0) is 37.1 Å². The number of methoxy groups -OCH3 is 2. The summed E-state index contributed by atoms with van der Waals surface area (Å²) in [5.41, 5.74) is -1.57. The fourth-order valence-corrected chi connectivity index (χ4v) is 5.66. The maximum absolute atomic E-state index is 6.10. The molecule has 2 saturated carbocycles. The highest BCUT2D eigenvalue weighted by Gasteiger charge is 2.86. The van der Waals surface area contributed by atoms with E-state index in [0.717, 1.165) is 30.8 Å². The van der Waals surface area contributed by atoms with Crippen LogP contribution in [-0.2, 0) is 20.6 Å². The number of rotatable bonds is 4. The monoisotopic (exact) mass is 328 g/mol. The van der Waals surface area contributed by atoms with Gasteiger partial charge in [-0.1, -0.05) is 6.42 Å². The Morgan fingerprint density at radius 3 is 1.79 bits per heavy atom. The predicted molar refractivity (Wildman–Crippen MR) is 83.2 cm³/mol. The van der Waals surface area contributed by atoms with Gasteiger partial charge < -0.3 is 18.3 Å². The van der Waals surface area contributed by atoms with Gasteiger partial charge >= 0.3 is 0 Å². The first-order chi connectivity index (χ1) is 11.8. The fourth-order valence-electron chi connectivity index (χ4n) is 5.66. The normalized spacial score (nSPS) is 38.8. The molecule has 3 aliphatic rings. The third kappa shape index (κ3) is 1.23. The summed E-state index contributed by atoms with van der Waals surface area (Å²) in [5.74, 6) is 0.902. The molecule has 126 valence electrons. The second-order valence-corrected chi connectivity index (χ2v) is 6.86. The molecule has 0 radical (unpaired) electrons. The highest BCUT2D eigenvalue weighted by atomic mass is 16.7. The van der Waals surface area contributed by atoms with Crippen LogP contribution in [-0.4, -0.2) is 20.0 Å². The summed E-state index contributed by atoms with van der Waals surface area (Å²) >= 11 is 0. The van der Waals surface area contributed by atoms with Crippen molar-refractivity contribution in [3.63, 3.8) is 0 Å². The van der Waals surface area contributed by atoms with Crippen LogP contribution in [0.1, 0.15) is 30.8 Å². The van der Waals surface area contributed by atoms with E-state index < -0.39 is 16.9 Å². The Balaban J connectivity index is 1.85. The Kier molecular flexibility index (Phi) is 2.75. The predicted octanol–water partition coefficient (Wildman–Crippen LogP) is 3.85. The number of hydrogen-bond acceptors (Lipinski definition) is 6. The molecule has 6 heteroatoms. The maximum Gasteiger partial charge on any atom is 0.238 e. The summed E-state index contributed by atoms with van der Waals surface area (Å²) in [5, 5.41) is 9.53. The third-order valence-corrected chi connectivity index (χ3v) is 6.33. The van der Waals surface area contributed by atoms with Crippen LogP contribution in [0.15, 0.2) is 55.9 Å². The molecule has 5 rings (SSSR count). The van der Waals surface area contributed by atoms with Crippen molar-refractivity contribution in [3.8, 4) is 0 Å². The summed E-state index contributed by atoms with van der Waals surface area (Å²) in [6.45, 7) is 0. The Labute approximate surface area is 139 Å². The van der Waals surface area contributed by atoms with Crippen LogP contribution >= 0.6 is 0 Å². The topological polar surface area (TPSA) is 69.5 Å². The molecule has 2 aromatic rings. The van der Waals surface area contributed by atoms with Crippen molar-refractivity contribution < 1.29 is 18.3 Å². The van der Waals surface area contributed by atoms with Gasteiger partial charge in [0.1, 0.15) is 11.5 Å². The highest BCUT2D eigenvalue weighted by molar-refractivity contribution is 5.41. The average molecular weight is 328 g/mol. The Hall–Kier alpha value is -1.92. The second-order valence-electron chi connectivity index (χ2n) is 6.86. The van der Waals surface area contributed by atoms with Crippen molar-refractivity contribution in [1.29, 1.82) is 0 Å². The fraction of sp³-hybridized carbons (Fsp3) is 0.556. The maximum atomic E-state index is 6.10. The summed E-state index contributed by atoms with van der Waals surface area (Å²) in [7, 11) is 3.33. The molecular weight excluding hydrogens is 308 g/mol. The largest absolute Gasteiger partial charge is 0.466 e. The first-order valence-corrected chi connectivity index (χ1v) is 8.39. The quantitative estimate of drug-likeness (QED) is 0.799. The molecule has 4 atom stereocenters. The number of fused-ring (bicyclic) bond motifs is 5. The molecule has 0 spiro atoms. The molecule has 4 unspecified atom stereocenters. The van der Waals surface area contributed by atoms with E-state index in [2.05, 4.69) is 0 Å². The Bertz CT molecular complexity index is 705. The first-order valence-electron chi connectivity index (χ1n) is 8.39. The smallest absolute Gasteiger partial charge is 0.238 e. The molecule has 1 aliphatic heterocycles. The van der Waals surface area contributed by atoms with Crippen LogP contribution in [0.5, 0.6) is 0 Å². The number of azo groups is 1. The standard InChI is InChI=1S/C18H20N2O4/c1-21-18(22-2)16(14-8-4-10-23-14)12-6-3-7-13(12)17(18,20-19-16)15-9-5-11-24-15/h4-5,8-13H,3,6-7H2,1-2H3. The zero-order valence-electron chi connectivity index (χ0n) is 13.8. The molecule has 24 heavy (non-hydrogen) atoms. The van der Waals surface area contributed by atoms with E-state index >= 15 is 0 Å². The van der Waals surface area contributed by atoms with Crippen LogP contribution in [0, 0.1) is 11.8 Å². The van der Waals surface area contributed by atoms with Gasteiger partial charge in [-0.3, -0.25) is 0 Å². The van der Waals surface area contributed by atoms with Crippen LogP contribution in [0.2, 0.25) is 0 Å². The Morgan fingerprint density at radius 2 is 1.42 bits per heavy atom. The van der Waals surface area contributed by atoms with Crippen LogP contribution in [0.4, 0.5) is 0 Å². The van der Waals surface area contributed by atoms with Gasteiger partial charge in [0.25, 0.3) is 0 Å². The molecule has 2 aromatic heterocycles. The zero-order valence-corrected chi connectivity index (χ0v) is 13.8. The van der Waals surface area contributed by atoms with E-state index in [0.29, 0.717) is 0 Å². The van der Waals surface area contributed by atoms with Gasteiger partial charge in [-0.2, -0.15) is 10.2 Å². The van der Waals surface area contributed by atoms with Gasteiger partial charge in [-0.25, -0.2) is 0 Å². The highest BCUT2D eigenvalue weighted by Crippen LogP contribution is 2.75. The van der Waals surface area contributed by atoms with Crippen molar-refractivity contribution >= 4 is 0 Å². The third-order valence-electron chi connectivity index (χ3n) is 6.33. The molecule has 3 heterocycles. The molecule has 2 fully saturated rings. The van der Waals surface area contributed by atoms with Gasteiger partial charge in [0, 0.05) is 26.1 Å². The number of furan rings is 2. The SMILES string of the molecule is COC1(OC)C2(c3ccco3)N=NC1(c1ccco1)C1CCCC12. The van der Waals surface area contributed by atoms with Gasteiger partial charge in [0.2, 0.25) is 5.79 Å². The molecule has 6 nitrogen and oxygen atoms in total. The van der Waals surface area contributed by atoms with Crippen LogP contribution in [0.25, 0.3) is 0 Å². The molecule has 0 aromatic carbocycles. The van der Waals surface area contributed by atoms with E-state index in [1.807, 2.05) is 24.3 Å². The first kappa shape index (κ1) is 14.4. The van der Waals surface area contributed by atoms with Gasteiger partial charge in [0.05, 0.1) is 12.5 Å². The van der Waals surface area contributed by atoms with Crippen molar-refractivity contribution in [3.05, 3.63) is 48.3 Å². The van der Waals surface area contributed by atoms with Gasteiger partial charge in [-0.15, -0.1) is 0 Å². The van der Waals surface area contributed by atoms with Crippen LogP contribution in [0.3, 0.4) is 0 Å². The van der Waals surface area contributed by atoms with Gasteiger partial charge in [0.15, 0.2) is 11.1 Å². The lowest BCUT2D eigenvalue weighted by molar-refractivity contribution is -0.268. The van der Waals surface area contributed by atoms with Crippen molar-refractivity contribution in [1.82, 2.24) is 0 Å². The van der Waals surface area contributed by atoms with E-state index in [1.165, 1.54) is 0 Å². The minimum absolute atomic E-state index is 0.242. The average Bonchev–Trinajstić information content (AvgIpc) is 3.42. The molecular formula is C18H20N2O4. The number of nitrogens with zero attached hydrogens (tertiary/aromatic N) is 2. The summed E-state index contributed by atoms with van der Waals surface area (Å²) < 4.78 is 23.8. The van der Waals surface area contributed by atoms with E-state index in [4.69, 9.17) is 28.5 Å². The summed E-state index contributed by atoms with van der Waals surface area (Å²) in [6, 6.07) is 7.66. The number of ether oxygens (including phenoxy) is 2. The zero-order chi connectivity index (χ0) is 16.4. The molecule has 2 aliphatic carbocycles.